The molecule has 7 nitrogen and oxygen atoms in total. The molecule has 0 unspecified atom stereocenters. The molecule has 184 valence electrons. The van der Waals surface area contributed by atoms with Crippen molar-refractivity contribution in [3.8, 4) is 11.5 Å². The second-order valence-corrected chi connectivity index (χ2v) is 10.4. The molecule has 0 aromatic heterocycles. The summed E-state index contributed by atoms with van der Waals surface area (Å²) in [4.78, 5) is 29.4. The fourth-order valence-electron chi connectivity index (χ4n) is 3.73. The number of thioether (sulfide) groups is 1. The highest BCUT2D eigenvalue weighted by Crippen LogP contribution is 2.39. The molecule has 2 amide bonds. The molecule has 2 aromatic rings. The Morgan fingerprint density at radius 3 is 2.69 bits per heavy atom. The molecular formula is C25H25BrN2O5S2. The third-order valence-electron chi connectivity index (χ3n) is 5.59. The number of rotatable bonds is 8. The smallest absolute Gasteiger partial charge is 0.266 e. The molecule has 35 heavy (non-hydrogen) atoms. The van der Waals surface area contributed by atoms with Crippen LogP contribution < -0.4 is 9.47 Å². The summed E-state index contributed by atoms with van der Waals surface area (Å²) in [5.74, 6) is 0.676. The van der Waals surface area contributed by atoms with Gasteiger partial charge in [-0.2, -0.15) is 0 Å². The second-order valence-electron chi connectivity index (χ2n) is 7.88. The fourth-order valence-corrected chi connectivity index (χ4v) is 5.61. The zero-order valence-electron chi connectivity index (χ0n) is 19.2. The van der Waals surface area contributed by atoms with E-state index in [0.29, 0.717) is 58.0 Å². The lowest BCUT2D eigenvalue weighted by molar-refractivity contribution is -0.137. The highest BCUT2D eigenvalue weighted by Gasteiger charge is 2.31. The first-order valence-corrected chi connectivity index (χ1v) is 13.1. The highest BCUT2D eigenvalue weighted by molar-refractivity contribution is 9.10. The average Bonchev–Trinajstić information content (AvgIpc) is 3.14. The first-order valence-electron chi connectivity index (χ1n) is 11.1. The van der Waals surface area contributed by atoms with Crippen molar-refractivity contribution in [2.45, 2.75) is 6.42 Å². The number of thiocarbonyl (C=S) groups is 1. The van der Waals surface area contributed by atoms with Gasteiger partial charge < -0.3 is 19.1 Å². The first kappa shape index (κ1) is 25.7. The zero-order chi connectivity index (χ0) is 24.8. The van der Waals surface area contributed by atoms with Crippen molar-refractivity contribution in [1.29, 1.82) is 0 Å². The summed E-state index contributed by atoms with van der Waals surface area (Å²) in [6.45, 7) is 2.61. The van der Waals surface area contributed by atoms with E-state index < -0.39 is 0 Å². The van der Waals surface area contributed by atoms with Crippen LogP contribution in [-0.4, -0.2) is 72.5 Å². The standard InChI is InChI=1S/C25H25BrN2O5S2/c1-31-20-14-18(13-19(26)23(20)33-16-22(29)27-9-11-32-12-10-27)15-21-24(30)28(25(34)35-21)8-7-17-5-3-2-4-6-17/h2-6,13-15H,7-12,16H2,1H3/b21-15-. The summed E-state index contributed by atoms with van der Waals surface area (Å²) in [7, 11) is 1.53. The van der Waals surface area contributed by atoms with E-state index in [9.17, 15) is 9.59 Å². The van der Waals surface area contributed by atoms with Crippen molar-refractivity contribution in [2.75, 3.05) is 46.6 Å². The van der Waals surface area contributed by atoms with E-state index in [2.05, 4.69) is 15.9 Å². The molecule has 10 heteroatoms. The normalized spacial score (nSPS) is 17.3. The molecule has 2 heterocycles. The number of ether oxygens (including phenoxy) is 3. The van der Waals surface area contributed by atoms with Crippen LogP contribution in [0.1, 0.15) is 11.1 Å². The van der Waals surface area contributed by atoms with Gasteiger partial charge in [0.2, 0.25) is 0 Å². The van der Waals surface area contributed by atoms with E-state index in [-0.39, 0.29) is 18.4 Å². The molecule has 2 aromatic carbocycles. The topological polar surface area (TPSA) is 68.3 Å². The minimum atomic E-state index is -0.109. The van der Waals surface area contributed by atoms with Gasteiger partial charge in [-0.3, -0.25) is 14.5 Å². The number of methoxy groups -OCH3 is 1. The Labute approximate surface area is 222 Å². The van der Waals surface area contributed by atoms with Crippen LogP contribution in [0, 0.1) is 0 Å². The molecule has 0 N–H and O–H groups in total. The lowest BCUT2D eigenvalue weighted by Crippen LogP contribution is -2.43. The van der Waals surface area contributed by atoms with Crippen molar-refractivity contribution in [2.24, 2.45) is 0 Å². The SMILES string of the molecule is COc1cc(/C=C2\SC(=S)N(CCc3ccccc3)C2=O)cc(Br)c1OCC(=O)N1CCOCC1. The van der Waals surface area contributed by atoms with Crippen LogP contribution in [0.5, 0.6) is 11.5 Å². The Hall–Kier alpha value is -2.40. The number of hydrogen-bond donors (Lipinski definition) is 0. The van der Waals surface area contributed by atoms with Gasteiger partial charge in [-0.05, 0) is 51.7 Å². The molecule has 2 aliphatic rings. The van der Waals surface area contributed by atoms with Gasteiger partial charge in [-0.15, -0.1) is 0 Å². The van der Waals surface area contributed by atoms with E-state index in [1.807, 2.05) is 36.4 Å². The van der Waals surface area contributed by atoms with Crippen molar-refractivity contribution in [3.05, 3.63) is 63.0 Å². The van der Waals surface area contributed by atoms with Crippen LogP contribution >= 0.6 is 39.9 Å². The van der Waals surface area contributed by atoms with Gasteiger partial charge in [0.25, 0.3) is 11.8 Å². The summed E-state index contributed by atoms with van der Waals surface area (Å²) >= 11 is 10.3. The summed E-state index contributed by atoms with van der Waals surface area (Å²) in [6.07, 6.45) is 2.52. The molecule has 2 aliphatic heterocycles. The van der Waals surface area contributed by atoms with Crippen LogP contribution in [-0.2, 0) is 20.7 Å². The molecule has 2 saturated heterocycles. The fraction of sp³-hybridized carbons (Fsp3) is 0.320. The Morgan fingerprint density at radius 1 is 1.23 bits per heavy atom. The van der Waals surface area contributed by atoms with E-state index >= 15 is 0 Å². The Bertz CT molecular complexity index is 1140. The quantitative estimate of drug-likeness (QED) is 0.345. The largest absolute Gasteiger partial charge is 0.493 e. The van der Waals surface area contributed by atoms with Crippen LogP contribution in [0.4, 0.5) is 0 Å². The van der Waals surface area contributed by atoms with Gasteiger partial charge in [-0.25, -0.2) is 0 Å². The Kier molecular flexibility index (Phi) is 8.83. The maximum absolute atomic E-state index is 13.0. The number of hydrogen-bond acceptors (Lipinski definition) is 7. The van der Waals surface area contributed by atoms with Crippen LogP contribution in [0.15, 0.2) is 51.8 Å². The molecule has 0 radical (unpaired) electrons. The molecule has 4 rings (SSSR count). The molecule has 2 fully saturated rings. The lowest BCUT2D eigenvalue weighted by Gasteiger charge is -2.27. The number of benzene rings is 2. The summed E-state index contributed by atoms with van der Waals surface area (Å²) < 4.78 is 17.8. The monoisotopic (exact) mass is 576 g/mol. The maximum Gasteiger partial charge on any atom is 0.266 e. The molecule has 0 bridgehead atoms. The average molecular weight is 578 g/mol. The van der Waals surface area contributed by atoms with Crippen LogP contribution in [0.3, 0.4) is 0 Å². The number of carbonyl (C=O) groups is 2. The summed E-state index contributed by atoms with van der Waals surface area (Å²) in [5, 5.41) is 0. The maximum atomic E-state index is 13.0. The van der Waals surface area contributed by atoms with Gasteiger partial charge in [-0.1, -0.05) is 54.3 Å². The van der Waals surface area contributed by atoms with Gasteiger partial charge in [0.05, 0.1) is 29.7 Å². The Morgan fingerprint density at radius 2 is 1.97 bits per heavy atom. The number of carbonyl (C=O) groups excluding carboxylic acids is 2. The molecule has 0 atom stereocenters. The van der Waals surface area contributed by atoms with E-state index in [1.54, 1.807) is 21.9 Å². The number of amides is 2. The predicted octanol–water partition coefficient (Wildman–Crippen LogP) is 4.14. The molecule has 0 spiro atoms. The molecule has 0 aliphatic carbocycles. The highest BCUT2D eigenvalue weighted by atomic mass is 79.9. The minimum absolute atomic E-state index is 0.103. The van der Waals surface area contributed by atoms with E-state index in [0.717, 1.165) is 17.5 Å². The van der Waals surface area contributed by atoms with Crippen molar-refractivity contribution < 1.29 is 23.8 Å². The summed E-state index contributed by atoms with van der Waals surface area (Å²) in [6, 6.07) is 13.6. The van der Waals surface area contributed by atoms with Gasteiger partial charge in [0.15, 0.2) is 18.1 Å². The second kappa shape index (κ2) is 12.0. The van der Waals surface area contributed by atoms with Gasteiger partial charge >= 0.3 is 0 Å². The van der Waals surface area contributed by atoms with E-state index in [4.69, 9.17) is 26.4 Å². The number of morpholine rings is 1. The first-order chi connectivity index (χ1) is 17.0. The summed E-state index contributed by atoms with van der Waals surface area (Å²) in [5.41, 5.74) is 1.91. The third-order valence-corrected chi connectivity index (χ3v) is 7.56. The van der Waals surface area contributed by atoms with E-state index in [1.165, 1.54) is 18.9 Å². The van der Waals surface area contributed by atoms with Crippen molar-refractivity contribution >= 4 is 62.1 Å². The van der Waals surface area contributed by atoms with Gasteiger partial charge in [0, 0.05) is 19.6 Å². The van der Waals surface area contributed by atoms with Crippen LogP contribution in [0.25, 0.3) is 6.08 Å². The number of nitrogens with zero attached hydrogens (tertiary/aromatic N) is 2. The number of halogens is 1. The zero-order valence-corrected chi connectivity index (χ0v) is 22.4. The van der Waals surface area contributed by atoms with Crippen LogP contribution in [0.2, 0.25) is 0 Å². The minimum Gasteiger partial charge on any atom is -0.493 e. The third kappa shape index (κ3) is 6.43. The Balaban J connectivity index is 1.44. The van der Waals surface area contributed by atoms with Crippen molar-refractivity contribution in [1.82, 2.24) is 9.80 Å². The molecule has 0 saturated carbocycles. The molecular weight excluding hydrogens is 552 g/mol. The predicted molar refractivity (Wildman–Crippen MR) is 144 cm³/mol. The lowest BCUT2D eigenvalue weighted by atomic mass is 10.1. The van der Waals surface area contributed by atoms with Crippen molar-refractivity contribution in [3.63, 3.8) is 0 Å². The van der Waals surface area contributed by atoms with Gasteiger partial charge in [0.1, 0.15) is 4.32 Å².